The monoisotopic (exact) mass is 258 g/mol. The van der Waals surface area contributed by atoms with E-state index in [4.69, 9.17) is 22.1 Å². The van der Waals surface area contributed by atoms with Gasteiger partial charge < -0.3 is 15.8 Å². The molecule has 0 fully saturated rings. The van der Waals surface area contributed by atoms with Gasteiger partial charge in [0.2, 0.25) is 5.91 Å². The summed E-state index contributed by atoms with van der Waals surface area (Å²) in [7, 11) is 0. The number of hydrogen-bond donors (Lipinski definition) is 2. The summed E-state index contributed by atoms with van der Waals surface area (Å²) in [5.74, 6) is 0.839. The summed E-state index contributed by atoms with van der Waals surface area (Å²) in [4.78, 5) is 18.7. The van der Waals surface area contributed by atoms with Crippen LogP contribution in [0.1, 0.15) is 12.7 Å². The first-order valence-electron chi connectivity index (χ1n) is 5.25. The van der Waals surface area contributed by atoms with Crippen molar-refractivity contribution in [3.05, 3.63) is 17.0 Å². The van der Waals surface area contributed by atoms with Crippen molar-refractivity contribution < 1.29 is 9.53 Å². The maximum atomic E-state index is 10.4. The number of anilines is 1. The second-order valence-electron chi connectivity index (χ2n) is 3.29. The number of aryl methyl sites for hydroxylation is 1. The van der Waals surface area contributed by atoms with Crippen LogP contribution in [0.3, 0.4) is 0 Å². The number of carbonyl (C=O) groups is 1. The Hall–Kier alpha value is -1.40. The number of carbonyl (C=O) groups excluding carboxylic acids is 1. The molecule has 0 radical (unpaired) electrons. The van der Waals surface area contributed by atoms with Gasteiger partial charge in [-0.3, -0.25) is 4.79 Å². The molecule has 1 aromatic rings. The minimum absolute atomic E-state index is 0.0770. The van der Waals surface area contributed by atoms with Crippen molar-refractivity contribution in [3.63, 3.8) is 0 Å². The lowest BCUT2D eigenvalue weighted by Crippen LogP contribution is -2.20. The van der Waals surface area contributed by atoms with E-state index in [0.29, 0.717) is 36.4 Å². The second kappa shape index (κ2) is 7.03. The van der Waals surface area contributed by atoms with Crippen LogP contribution in [0, 0.1) is 0 Å². The number of rotatable bonds is 7. The van der Waals surface area contributed by atoms with E-state index in [1.54, 1.807) is 6.07 Å². The minimum Gasteiger partial charge on any atom is -0.370 e. The number of nitrogens with one attached hydrogen (secondary N) is 1. The van der Waals surface area contributed by atoms with Crippen LogP contribution in [0.2, 0.25) is 5.15 Å². The molecule has 0 aliphatic heterocycles. The molecule has 0 saturated carbocycles. The van der Waals surface area contributed by atoms with Gasteiger partial charge in [0, 0.05) is 19.0 Å². The lowest BCUT2D eigenvalue weighted by Gasteiger charge is -2.07. The Kier molecular flexibility index (Phi) is 5.65. The molecule has 0 aliphatic rings. The van der Waals surface area contributed by atoms with Crippen LogP contribution in [-0.2, 0) is 16.0 Å². The predicted molar refractivity (Wildman–Crippen MR) is 64.9 cm³/mol. The maximum absolute atomic E-state index is 10.4. The van der Waals surface area contributed by atoms with Crippen molar-refractivity contribution in [2.45, 2.75) is 13.3 Å². The number of aromatic nitrogens is 2. The molecule has 0 aliphatic carbocycles. The molecule has 0 spiro atoms. The summed E-state index contributed by atoms with van der Waals surface area (Å²) in [6.07, 6.45) is 0.716. The summed E-state index contributed by atoms with van der Waals surface area (Å²) in [6, 6.07) is 1.63. The van der Waals surface area contributed by atoms with E-state index in [-0.39, 0.29) is 6.61 Å². The highest BCUT2D eigenvalue weighted by Crippen LogP contribution is 2.11. The fraction of sp³-hybridized carbons (Fsp3) is 0.500. The van der Waals surface area contributed by atoms with Gasteiger partial charge in [-0.1, -0.05) is 18.5 Å². The van der Waals surface area contributed by atoms with E-state index in [9.17, 15) is 4.79 Å². The van der Waals surface area contributed by atoms with Crippen molar-refractivity contribution in [1.29, 1.82) is 0 Å². The first-order valence-corrected chi connectivity index (χ1v) is 5.63. The van der Waals surface area contributed by atoms with Crippen molar-refractivity contribution in [3.8, 4) is 0 Å². The van der Waals surface area contributed by atoms with E-state index in [1.807, 2.05) is 6.92 Å². The zero-order chi connectivity index (χ0) is 12.7. The van der Waals surface area contributed by atoms with E-state index >= 15 is 0 Å². The zero-order valence-corrected chi connectivity index (χ0v) is 10.3. The van der Waals surface area contributed by atoms with Crippen LogP contribution in [0.25, 0.3) is 0 Å². The third-order valence-electron chi connectivity index (χ3n) is 1.85. The Bertz CT molecular complexity index is 387. The molecule has 6 nitrogen and oxygen atoms in total. The molecule has 0 unspecified atom stereocenters. The number of amides is 1. The Morgan fingerprint density at radius 1 is 1.59 bits per heavy atom. The average molecular weight is 259 g/mol. The highest BCUT2D eigenvalue weighted by atomic mass is 35.5. The van der Waals surface area contributed by atoms with Crippen LogP contribution in [-0.4, -0.2) is 35.6 Å². The summed E-state index contributed by atoms with van der Waals surface area (Å²) >= 11 is 5.83. The molecule has 0 saturated heterocycles. The van der Waals surface area contributed by atoms with E-state index in [1.165, 1.54) is 0 Å². The van der Waals surface area contributed by atoms with Gasteiger partial charge in [0.05, 0.1) is 6.61 Å². The molecule has 7 heteroatoms. The van der Waals surface area contributed by atoms with Crippen molar-refractivity contribution in [1.82, 2.24) is 9.97 Å². The van der Waals surface area contributed by atoms with Gasteiger partial charge in [-0.15, -0.1) is 0 Å². The SMILES string of the molecule is CCc1nc(Cl)cc(NCCOCC(N)=O)n1. The number of nitrogens with zero attached hydrogens (tertiary/aromatic N) is 2. The number of hydrogen-bond acceptors (Lipinski definition) is 5. The number of ether oxygens (including phenoxy) is 1. The zero-order valence-electron chi connectivity index (χ0n) is 9.57. The van der Waals surface area contributed by atoms with Gasteiger partial charge in [-0.25, -0.2) is 9.97 Å². The van der Waals surface area contributed by atoms with Crippen molar-refractivity contribution >= 4 is 23.3 Å². The molecule has 0 atom stereocenters. The third kappa shape index (κ3) is 5.46. The Morgan fingerprint density at radius 2 is 2.35 bits per heavy atom. The molecule has 3 N–H and O–H groups in total. The highest BCUT2D eigenvalue weighted by Gasteiger charge is 2.01. The number of nitrogens with two attached hydrogens (primary N) is 1. The smallest absolute Gasteiger partial charge is 0.243 e. The standard InChI is InChI=1S/C10H15ClN4O2/c1-2-9-14-7(11)5-10(15-9)13-3-4-17-6-8(12)16/h5H,2-4,6H2,1H3,(H2,12,16)(H,13,14,15). The van der Waals surface area contributed by atoms with Crippen LogP contribution in [0.4, 0.5) is 5.82 Å². The highest BCUT2D eigenvalue weighted by molar-refractivity contribution is 6.29. The van der Waals surface area contributed by atoms with E-state index < -0.39 is 5.91 Å². The molecule has 1 amide bonds. The van der Waals surface area contributed by atoms with Gasteiger partial charge >= 0.3 is 0 Å². The normalized spacial score (nSPS) is 10.2. The van der Waals surface area contributed by atoms with Crippen LogP contribution in [0.15, 0.2) is 6.07 Å². The topological polar surface area (TPSA) is 90.1 Å². The Labute approximate surface area is 105 Å². The maximum Gasteiger partial charge on any atom is 0.243 e. The molecular formula is C10H15ClN4O2. The molecular weight excluding hydrogens is 244 g/mol. The fourth-order valence-electron chi connectivity index (χ4n) is 1.14. The molecule has 1 rings (SSSR count). The predicted octanol–water partition coefficient (Wildman–Crippen LogP) is 0.606. The Balaban J connectivity index is 2.36. The van der Waals surface area contributed by atoms with E-state index in [2.05, 4.69) is 15.3 Å². The summed E-state index contributed by atoms with van der Waals surface area (Å²) in [5, 5.41) is 3.42. The van der Waals surface area contributed by atoms with Gasteiger partial charge in [0.15, 0.2) is 0 Å². The number of halogens is 1. The Morgan fingerprint density at radius 3 is 3.00 bits per heavy atom. The summed E-state index contributed by atoms with van der Waals surface area (Å²) in [5.41, 5.74) is 4.92. The first-order chi connectivity index (χ1) is 8.11. The number of primary amides is 1. The summed E-state index contributed by atoms with van der Waals surface area (Å²) < 4.78 is 4.99. The van der Waals surface area contributed by atoms with Gasteiger partial charge in [0.1, 0.15) is 23.4 Å². The van der Waals surface area contributed by atoms with Crippen LogP contribution >= 0.6 is 11.6 Å². The molecule has 0 bridgehead atoms. The molecule has 94 valence electrons. The largest absolute Gasteiger partial charge is 0.370 e. The molecule has 17 heavy (non-hydrogen) atoms. The van der Waals surface area contributed by atoms with E-state index in [0.717, 1.165) is 0 Å². The second-order valence-corrected chi connectivity index (χ2v) is 3.68. The van der Waals surface area contributed by atoms with Crippen LogP contribution in [0.5, 0.6) is 0 Å². The molecule has 0 aromatic carbocycles. The summed E-state index contributed by atoms with van der Waals surface area (Å²) in [6.45, 7) is 2.76. The van der Waals surface area contributed by atoms with Gasteiger partial charge in [0.25, 0.3) is 0 Å². The quantitative estimate of drug-likeness (QED) is 0.552. The van der Waals surface area contributed by atoms with Gasteiger partial charge in [-0.05, 0) is 0 Å². The molecule has 1 aromatic heterocycles. The van der Waals surface area contributed by atoms with Crippen molar-refractivity contribution in [2.75, 3.05) is 25.1 Å². The lowest BCUT2D eigenvalue weighted by atomic mass is 10.4. The lowest BCUT2D eigenvalue weighted by molar-refractivity contribution is -0.122. The average Bonchev–Trinajstić information content (AvgIpc) is 2.27. The fourth-order valence-corrected chi connectivity index (χ4v) is 1.34. The van der Waals surface area contributed by atoms with Gasteiger partial charge in [-0.2, -0.15) is 0 Å². The molecule has 1 heterocycles. The minimum atomic E-state index is -0.483. The first kappa shape index (κ1) is 13.7. The van der Waals surface area contributed by atoms with Crippen LogP contribution < -0.4 is 11.1 Å². The van der Waals surface area contributed by atoms with Crippen molar-refractivity contribution in [2.24, 2.45) is 5.73 Å². The third-order valence-corrected chi connectivity index (χ3v) is 2.05.